The maximum absolute atomic E-state index is 5.79. The first-order chi connectivity index (χ1) is 12.6. The van der Waals surface area contributed by atoms with Crippen LogP contribution in [-0.4, -0.2) is 32.3 Å². The molecule has 1 N–H and O–H groups in total. The SMILES string of the molecule is CC(Nc1cnc(N(C)C)c2cc3c(cc12)OCCO3)c1ccccc1. The minimum atomic E-state index is 0.166. The first-order valence-electron chi connectivity index (χ1n) is 8.84. The molecule has 0 fully saturated rings. The monoisotopic (exact) mass is 349 g/mol. The van der Waals surface area contributed by atoms with Crippen LogP contribution in [-0.2, 0) is 0 Å². The second-order valence-corrected chi connectivity index (χ2v) is 6.71. The molecule has 1 aliphatic heterocycles. The Kier molecular flexibility index (Phi) is 4.29. The van der Waals surface area contributed by atoms with Gasteiger partial charge in [-0.15, -0.1) is 0 Å². The van der Waals surface area contributed by atoms with Crippen LogP contribution in [0.5, 0.6) is 11.5 Å². The number of aromatic nitrogens is 1. The van der Waals surface area contributed by atoms with Gasteiger partial charge in [0, 0.05) is 30.9 Å². The van der Waals surface area contributed by atoms with Crippen LogP contribution in [0.3, 0.4) is 0 Å². The van der Waals surface area contributed by atoms with Gasteiger partial charge >= 0.3 is 0 Å². The maximum Gasteiger partial charge on any atom is 0.162 e. The molecule has 2 heterocycles. The number of fused-ring (bicyclic) bond motifs is 2. The van der Waals surface area contributed by atoms with Crippen molar-refractivity contribution in [3.05, 3.63) is 54.2 Å². The van der Waals surface area contributed by atoms with Crippen molar-refractivity contribution in [1.82, 2.24) is 4.98 Å². The fourth-order valence-corrected chi connectivity index (χ4v) is 3.29. The summed E-state index contributed by atoms with van der Waals surface area (Å²) in [7, 11) is 4.00. The zero-order valence-electron chi connectivity index (χ0n) is 15.3. The van der Waals surface area contributed by atoms with Crippen molar-refractivity contribution < 1.29 is 9.47 Å². The molecule has 0 bridgehead atoms. The van der Waals surface area contributed by atoms with Crippen molar-refractivity contribution in [1.29, 1.82) is 0 Å². The van der Waals surface area contributed by atoms with E-state index in [9.17, 15) is 0 Å². The fourth-order valence-electron chi connectivity index (χ4n) is 3.29. The number of hydrogen-bond donors (Lipinski definition) is 1. The van der Waals surface area contributed by atoms with Crippen molar-refractivity contribution >= 4 is 22.3 Å². The van der Waals surface area contributed by atoms with Crippen molar-refractivity contribution in [3.8, 4) is 11.5 Å². The minimum Gasteiger partial charge on any atom is -0.486 e. The molecule has 5 nitrogen and oxygen atoms in total. The van der Waals surface area contributed by atoms with Crippen molar-refractivity contribution in [2.24, 2.45) is 0 Å². The van der Waals surface area contributed by atoms with Gasteiger partial charge in [-0.25, -0.2) is 4.98 Å². The van der Waals surface area contributed by atoms with E-state index >= 15 is 0 Å². The predicted molar refractivity (Wildman–Crippen MR) is 106 cm³/mol. The highest BCUT2D eigenvalue weighted by atomic mass is 16.6. The van der Waals surface area contributed by atoms with Gasteiger partial charge in [0.05, 0.1) is 11.9 Å². The van der Waals surface area contributed by atoms with E-state index in [4.69, 9.17) is 9.47 Å². The first-order valence-corrected chi connectivity index (χ1v) is 8.84. The van der Waals surface area contributed by atoms with Gasteiger partial charge < -0.3 is 19.7 Å². The van der Waals surface area contributed by atoms with Gasteiger partial charge in [-0.05, 0) is 24.6 Å². The molecule has 0 amide bonds. The van der Waals surface area contributed by atoms with Crippen LogP contribution in [0, 0.1) is 0 Å². The van der Waals surface area contributed by atoms with Crippen LogP contribution in [0.4, 0.5) is 11.5 Å². The molecule has 1 aromatic heterocycles. The third kappa shape index (κ3) is 3.01. The Hall–Kier alpha value is -2.95. The molecule has 1 unspecified atom stereocenters. The molecule has 1 atom stereocenters. The number of anilines is 2. The Morgan fingerprint density at radius 2 is 1.65 bits per heavy atom. The second-order valence-electron chi connectivity index (χ2n) is 6.71. The highest BCUT2D eigenvalue weighted by Gasteiger charge is 2.18. The summed E-state index contributed by atoms with van der Waals surface area (Å²) in [5, 5.41) is 5.72. The van der Waals surface area contributed by atoms with E-state index in [1.165, 1.54) is 5.56 Å². The number of rotatable bonds is 4. The van der Waals surface area contributed by atoms with Crippen LogP contribution >= 0.6 is 0 Å². The van der Waals surface area contributed by atoms with Crippen LogP contribution < -0.4 is 19.7 Å². The second kappa shape index (κ2) is 6.75. The summed E-state index contributed by atoms with van der Waals surface area (Å²) in [6.07, 6.45) is 1.90. The van der Waals surface area contributed by atoms with E-state index in [-0.39, 0.29) is 6.04 Å². The van der Waals surface area contributed by atoms with Crippen molar-refractivity contribution in [2.75, 3.05) is 37.5 Å². The maximum atomic E-state index is 5.79. The lowest BCUT2D eigenvalue weighted by Crippen LogP contribution is -2.16. The number of hydrogen-bond acceptors (Lipinski definition) is 5. The molecule has 0 saturated heterocycles. The van der Waals surface area contributed by atoms with Gasteiger partial charge in [0.15, 0.2) is 11.5 Å². The lowest BCUT2D eigenvalue weighted by Gasteiger charge is -2.23. The standard InChI is InChI=1S/C21H23N3O2/c1-14(15-7-5-4-6-8-15)23-18-13-22-21(24(2)3)17-12-20-19(11-16(17)18)25-9-10-26-20/h4-8,11-14,23H,9-10H2,1-3H3. The van der Waals surface area contributed by atoms with Crippen molar-refractivity contribution in [2.45, 2.75) is 13.0 Å². The summed E-state index contributed by atoms with van der Waals surface area (Å²) in [5.41, 5.74) is 2.22. The summed E-state index contributed by atoms with van der Waals surface area (Å²) in [6, 6.07) is 14.6. The first kappa shape index (κ1) is 16.5. The molecular formula is C21H23N3O2. The van der Waals surface area contributed by atoms with E-state index in [1.807, 2.05) is 37.3 Å². The molecule has 0 aliphatic carbocycles. The summed E-state index contributed by atoms with van der Waals surface area (Å²) in [4.78, 5) is 6.69. The van der Waals surface area contributed by atoms with Crippen molar-refractivity contribution in [3.63, 3.8) is 0 Å². The molecule has 3 aromatic rings. The van der Waals surface area contributed by atoms with Gasteiger partial charge in [0.1, 0.15) is 19.0 Å². The van der Waals surface area contributed by atoms with E-state index in [2.05, 4.69) is 47.6 Å². The molecule has 0 spiro atoms. The van der Waals surface area contributed by atoms with Gasteiger partial charge in [-0.1, -0.05) is 30.3 Å². The molecule has 134 valence electrons. The van der Waals surface area contributed by atoms with Crippen LogP contribution in [0.1, 0.15) is 18.5 Å². The molecular weight excluding hydrogens is 326 g/mol. The molecule has 26 heavy (non-hydrogen) atoms. The Balaban J connectivity index is 1.80. The Bertz CT molecular complexity index is 925. The van der Waals surface area contributed by atoms with E-state index in [0.717, 1.165) is 33.8 Å². The normalized spacial score (nSPS) is 14.1. The number of nitrogens with one attached hydrogen (secondary N) is 1. The summed E-state index contributed by atoms with van der Waals surface area (Å²) in [5.74, 6) is 2.48. The van der Waals surface area contributed by atoms with Gasteiger partial charge in [0.25, 0.3) is 0 Å². The average Bonchev–Trinajstić information content (AvgIpc) is 2.67. The van der Waals surface area contributed by atoms with Gasteiger partial charge in [-0.3, -0.25) is 0 Å². The number of nitrogens with zero attached hydrogens (tertiary/aromatic N) is 2. The fraction of sp³-hybridized carbons (Fsp3) is 0.286. The molecule has 2 aromatic carbocycles. The van der Waals surface area contributed by atoms with E-state index in [1.54, 1.807) is 0 Å². The quantitative estimate of drug-likeness (QED) is 0.763. The van der Waals surface area contributed by atoms with Crippen LogP contribution in [0.25, 0.3) is 10.8 Å². The largest absolute Gasteiger partial charge is 0.486 e. The zero-order chi connectivity index (χ0) is 18.1. The number of ether oxygens (including phenoxy) is 2. The zero-order valence-corrected chi connectivity index (χ0v) is 15.3. The third-order valence-electron chi connectivity index (χ3n) is 4.62. The van der Waals surface area contributed by atoms with E-state index in [0.29, 0.717) is 13.2 Å². The van der Waals surface area contributed by atoms with E-state index < -0.39 is 0 Å². The van der Waals surface area contributed by atoms with Crippen LogP contribution in [0.2, 0.25) is 0 Å². The Morgan fingerprint density at radius 3 is 2.31 bits per heavy atom. The lowest BCUT2D eigenvalue weighted by molar-refractivity contribution is 0.172. The smallest absolute Gasteiger partial charge is 0.162 e. The molecule has 4 rings (SSSR count). The molecule has 1 aliphatic rings. The van der Waals surface area contributed by atoms with Gasteiger partial charge in [0.2, 0.25) is 0 Å². The lowest BCUT2D eigenvalue weighted by atomic mass is 10.1. The molecule has 5 heteroatoms. The predicted octanol–water partition coefficient (Wildman–Crippen LogP) is 4.25. The Morgan fingerprint density at radius 1 is 1.00 bits per heavy atom. The highest BCUT2D eigenvalue weighted by molar-refractivity contribution is 6.02. The Labute approximate surface area is 153 Å². The van der Waals surface area contributed by atoms with Gasteiger partial charge in [-0.2, -0.15) is 0 Å². The number of pyridine rings is 1. The molecule has 0 saturated carbocycles. The minimum absolute atomic E-state index is 0.166. The summed E-state index contributed by atoms with van der Waals surface area (Å²) in [6.45, 7) is 3.30. The topological polar surface area (TPSA) is 46.6 Å². The molecule has 0 radical (unpaired) electrons. The summed E-state index contributed by atoms with van der Waals surface area (Å²) >= 11 is 0. The summed E-state index contributed by atoms with van der Waals surface area (Å²) < 4.78 is 11.6. The number of benzene rings is 2. The highest BCUT2D eigenvalue weighted by Crippen LogP contribution is 2.40. The van der Waals surface area contributed by atoms with Crippen LogP contribution in [0.15, 0.2) is 48.7 Å². The third-order valence-corrected chi connectivity index (χ3v) is 4.62. The average molecular weight is 349 g/mol.